The van der Waals surface area contributed by atoms with Crippen molar-refractivity contribution in [2.75, 3.05) is 7.05 Å². The van der Waals surface area contributed by atoms with Crippen molar-refractivity contribution in [1.82, 2.24) is 5.32 Å². The van der Waals surface area contributed by atoms with Gasteiger partial charge in [-0.3, -0.25) is 0 Å². The second kappa shape index (κ2) is 6.41. The molecule has 2 rings (SSSR count). The molecule has 0 aliphatic heterocycles. The van der Waals surface area contributed by atoms with Crippen LogP contribution in [0.3, 0.4) is 0 Å². The van der Waals surface area contributed by atoms with Crippen molar-refractivity contribution in [3.8, 4) is 11.5 Å². The fraction of sp³-hybridized carbons (Fsp3) is 0.143. The van der Waals surface area contributed by atoms with Gasteiger partial charge in [0, 0.05) is 11.6 Å². The SMILES string of the molecule is CNCc1ccc(Oc2ccccc2I)cc1Cl. The van der Waals surface area contributed by atoms with E-state index in [9.17, 15) is 0 Å². The molecule has 0 radical (unpaired) electrons. The van der Waals surface area contributed by atoms with E-state index in [1.54, 1.807) is 0 Å². The van der Waals surface area contributed by atoms with Gasteiger partial charge in [-0.05, 0) is 59.5 Å². The van der Waals surface area contributed by atoms with Gasteiger partial charge in [-0.2, -0.15) is 0 Å². The van der Waals surface area contributed by atoms with Crippen LogP contribution in [0.2, 0.25) is 5.02 Å². The maximum Gasteiger partial charge on any atom is 0.140 e. The molecule has 1 N–H and O–H groups in total. The first kappa shape index (κ1) is 13.6. The summed E-state index contributed by atoms with van der Waals surface area (Å²) in [5.74, 6) is 1.60. The molecule has 4 heteroatoms. The standard InChI is InChI=1S/C14H13ClINO/c1-17-9-10-6-7-11(8-12(10)15)18-14-5-3-2-4-13(14)16/h2-8,17H,9H2,1H3. The third kappa shape index (κ3) is 3.37. The lowest BCUT2D eigenvalue weighted by Crippen LogP contribution is -2.05. The Bertz CT molecular complexity index is 545. The first-order valence-electron chi connectivity index (χ1n) is 5.56. The lowest BCUT2D eigenvalue weighted by Gasteiger charge is -2.09. The number of para-hydroxylation sites is 1. The van der Waals surface area contributed by atoms with Crippen molar-refractivity contribution in [1.29, 1.82) is 0 Å². The highest BCUT2D eigenvalue weighted by molar-refractivity contribution is 14.1. The van der Waals surface area contributed by atoms with Crippen LogP contribution in [0.15, 0.2) is 42.5 Å². The van der Waals surface area contributed by atoms with Gasteiger partial charge >= 0.3 is 0 Å². The maximum atomic E-state index is 6.19. The summed E-state index contributed by atoms with van der Waals surface area (Å²) < 4.78 is 6.89. The van der Waals surface area contributed by atoms with Crippen LogP contribution in [0.4, 0.5) is 0 Å². The van der Waals surface area contributed by atoms with Gasteiger partial charge in [0.05, 0.1) is 3.57 Å². The Hall–Kier alpha value is -0.780. The average Bonchev–Trinajstić information content (AvgIpc) is 2.36. The highest BCUT2D eigenvalue weighted by atomic mass is 127. The van der Waals surface area contributed by atoms with Gasteiger partial charge in [-0.15, -0.1) is 0 Å². The third-order valence-corrected chi connectivity index (χ3v) is 3.70. The number of hydrogen-bond acceptors (Lipinski definition) is 2. The number of hydrogen-bond donors (Lipinski definition) is 1. The topological polar surface area (TPSA) is 21.3 Å². The van der Waals surface area contributed by atoms with Gasteiger partial charge in [0.25, 0.3) is 0 Å². The van der Waals surface area contributed by atoms with Crippen LogP contribution in [0.1, 0.15) is 5.56 Å². The summed E-state index contributed by atoms with van der Waals surface area (Å²) in [6, 6.07) is 13.6. The quantitative estimate of drug-likeness (QED) is 0.799. The summed E-state index contributed by atoms with van der Waals surface area (Å²) in [5, 5.41) is 3.79. The zero-order valence-electron chi connectivity index (χ0n) is 9.91. The van der Waals surface area contributed by atoms with Crippen molar-refractivity contribution in [2.45, 2.75) is 6.54 Å². The smallest absolute Gasteiger partial charge is 0.140 e. The molecule has 0 aliphatic rings. The molecule has 0 saturated heterocycles. The Kier molecular flexibility index (Phi) is 4.86. The highest BCUT2D eigenvalue weighted by Gasteiger charge is 2.05. The fourth-order valence-corrected chi connectivity index (χ4v) is 2.31. The van der Waals surface area contributed by atoms with E-state index in [0.717, 1.165) is 27.2 Å². The third-order valence-electron chi connectivity index (χ3n) is 2.46. The van der Waals surface area contributed by atoms with Gasteiger partial charge in [0.15, 0.2) is 0 Å². The normalized spacial score (nSPS) is 10.4. The minimum Gasteiger partial charge on any atom is -0.456 e. The molecule has 0 amide bonds. The van der Waals surface area contributed by atoms with E-state index in [2.05, 4.69) is 27.9 Å². The minimum absolute atomic E-state index is 0.716. The summed E-state index contributed by atoms with van der Waals surface area (Å²) in [5.41, 5.74) is 1.06. The van der Waals surface area contributed by atoms with Gasteiger partial charge in [-0.1, -0.05) is 29.8 Å². The van der Waals surface area contributed by atoms with Crippen LogP contribution in [0.5, 0.6) is 11.5 Å². The van der Waals surface area contributed by atoms with Crippen LogP contribution >= 0.6 is 34.2 Å². The second-order valence-electron chi connectivity index (χ2n) is 3.82. The number of halogens is 2. The predicted octanol–water partition coefficient (Wildman–Crippen LogP) is 4.46. The molecule has 94 valence electrons. The van der Waals surface area contributed by atoms with Crippen molar-refractivity contribution < 1.29 is 4.74 Å². The molecule has 2 aromatic rings. The van der Waals surface area contributed by atoms with Crippen LogP contribution < -0.4 is 10.1 Å². The molecule has 0 saturated carbocycles. The molecule has 0 fully saturated rings. The van der Waals surface area contributed by atoms with E-state index in [4.69, 9.17) is 16.3 Å². The molecule has 18 heavy (non-hydrogen) atoms. The van der Waals surface area contributed by atoms with Gasteiger partial charge in [-0.25, -0.2) is 0 Å². The van der Waals surface area contributed by atoms with Crippen LogP contribution in [-0.4, -0.2) is 7.05 Å². The Morgan fingerprint density at radius 3 is 2.67 bits per heavy atom. The van der Waals surface area contributed by atoms with Crippen molar-refractivity contribution in [2.24, 2.45) is 0 Å². The zero-order valence-corrected chi connectivity index (χ0v) is 12.8. The summed E-state index contributed by atoms with van der Waals surface area (Å²) in [7, 11) is 1.90. The first-order chi connectivity index (χ1) is 8.70. The highest BCUT2D eigenvalue weighted by Crippen LogP contribution is 2.29. The molecule has 0 aliphatic carbocycles. The fourth-order valence-electron chi connectivity index (χ4n) is 1.58. The maximum absolute atomic E-state index is 6.19. The number of ether oxygens (including phenoxy) is 1. The lowest BCUT2D eigenvalue weighted by atomic mass is 10.2. The Morgan fingerprint density at radius 1 is 1.22 bits per heavy atom. The number of nitrogens with one attached hydrogen (secondary N) is 1. The predicted molar refractivity (Wildman–Crippen MR) is 83.4 cm³/mol. The molecular formula is C14H13ClINO. The van der Waals surface area contributed by atoms with E-state index < -0.39 is 0 Å². The van der Waals surface area contributed by atoms with Crippen molar-refractivity contribution in [3.63, 3.8) is 0 Å². The Morgan fingerprint density at radius 2 is 2.00 bits per heavy atom. The molecule has 0 spiro atoms. The van der Waals surface area contributed by atoms with E-state index >= 15 is 0 Å². The molecule has 0 atom stereocenters. The largest absolute Gasteiger partial charge is 0.456 e. The van der Waals surface area contributed by atoms with Crippen LogP contribution in [-0.2, 0) is 6.54 Å². The van der Waals surface area contributed by atoms with Crippen LogP contribution in [0, 0.1) is 3.57 Å². The number of benzene rings is 2. The minimum atomic E-state index is 0.716. The summed E-state index contributed by atoms with van der Waals surface area (Å²) in [6.07, 6.45) is 0. The monoisotopic (exact) mass is 373 g/mol. The zero-order chi connectivity index (χ0) is 13.0. The molecule has 0 unspecified atom stereocenters. The summed E-state index contributed by atoms with van der Waals surface area (Å²) in [4.78, 5) is 0. The Balaban J connectivity index is 2.20. The molecular weight excluding hydrogens is 361 g/mol. The van der Waals surface area contributed by atoms with Crippen molar-refractivity contribution in [3.05, 3.63) is 56.6 Å². The average molecular weight is 374 g/mol. The summed E-state index contributed by atoms with van der Waals surface area (Å²) in [6.45, 7) is 0.752. The molecule has 0 bridgehead atoms. The van der Waals surface area contributed by atoms with Crippen molar-refractivity contribution >= 4 is 34.2 Å². The Labute approximate surface area is 125 Å². The van der Waals surface area contributed by atoms with E-state index in [-0.39, 0.29) is 0 Å². The van der Waals surface area contributed by atoms with E-state index in [0.29, 0.717) is 5.02 Å². The molecule has 0 aromatic heterocycles. The van der Waals surface area contributed by atoms with Gasteiger partial charge < -0.3 is 10.1 Å². The molecule has 2 aromatic carbocycles. The van der Waals surface area contributed by atoms with E-state index in [1.807, 2.05) is 49.5 Å². The van der Waals surface area contributed by atoms with Crippen LogP contribution in [0.25, 0.3) is 0 Å². The second-order valence-corrected chi connectivity index (χ2v) is 5.39. The van der Waals surface area contributed by atoms with Gasteiger partial charge in [0.2, 0.25) is 0 Å². The molecule has 0 heterocycles. The first-order valence-corrected chi connectivity index (χ1v) is 7.02. The van der Waals surface area contributed by atoms with E-state index in [1.165, 1.54) is 0 Å². The summed E-state index contributed by atoms with van der Waals surface area (Å²) >= 11 is 8.44. The van der Waals surface area contributed by atoms with Gasteiger partial charge in [0.1, 0.15) is 11.5 Å². The molecule has 2 nitrogen and oxygen atoms in total. The lowest BCUT2D eigenvalue weighted by molar-refractivity contribution is 0.479. The number of rotatable bonds is 4.